The highest BCUT2D eigenvalue weighted by Crippen LogP contribution is 2.27. The summed E-state index contributed by atoms with van der Waals surface area (Å²) < 4.78 is 16.4. The van der Waals surface area contributed by atoms with E-state index in [0.29, 0.717) is 37.2 Å². The zero-order chi connectivity index (χ0) is 19.6. The van der Waals surface area contributed by atoms with Crippen LogP contribution in [-0.4, -0.2) is 33.8 Å². The number of aliphatic imine (C=N–C) groups is 1. The van der Waals surface area contributed by atoms with Crippen molar-refractivity contribution in [2.24, 2.45) is 4.99 Å². The van der Waals surface area contributed by atoms with E-state index in [4.69, 9.17) is 14.2 Å². The van der Waals surface area contributed by atoms with E-state index in [1.54, 1.807) is 21.3 Å². The number of nitrogens with one attached hydrogen (secondary N) is 2. The summed E-state index contributed by atoms with van der Waals surface area (Å²) in [6.45, 7) is 5.93. The van der Waals surface area contributed by atoms with Crippen LogP contribution in [0.25, 0.3) is 0 Å². The standard InChI is InChI=1S/C21H29N3O3/c1-6-27-19-11-15(2)7-9-17(19)14-24-21(22-3)23-13-16-8-10-18(25-4)20(12-16)26-5/h7-12H,6,13-14H2,1-5H3,(H2,22,23,24). The van der Waals surface area contributed by atoms with E-state index in [-0.39, 0.29) is 0 Å². The van der Waals surface area contributed by atoms with Crippen LogP contribution in [-0.2, 0) is 13.1 Å². The summed E-state index contributed by atoms with van der Waals surface area (Å²) in [4.78, 5) is 4.29. The van der Waals surface area contributed by atoms with Gasteiger partial charge in [-0.15, -0.1) is 0 Å². The van der Waals surface area contributed by atoms with Crippen LogP contribution in [0.15, 0.2) is 41.4 Å². The number of methoxy groups -OCH3 is 2. The Bertz CT molecular complexity index is 775. The molecule has 0 spiro atoms. The Kier molecular flexibility index (Phi) is 7.79. The lowest BCUT2D eigenvalue weighted by atomic mass is 10.1. The maximum absolute atomic E-state index is 5.73. The zero-order valence-corrected chi connectivity index (χ0v) is 16.8. The van der Waals surface area contributed by atoms with Gasteiger partial charge in [0.25, 0.3) is 0 Å². The van der Waals surface area contributed by atoms with Crippen LogP contribution in [0.2, 0.25) is 0 Å². The van der Waals surface area contributed by atoms with E-state index in [1.165, 1.54) is 5.56 Å². The van der Waals surface area contributed by atoms with Crippen molar-refractivity contribution in [2.45, 2.75) is 26.9 Å². The molecule has 0 bridgehead atoms. The second-order valence-corrected chi connectivity index (χ2v) is 6.01. The molecule has 0 aromatic heterocycles. The molecule has 0 radical (unpaired) electrons. The number of rotatable bonds is 8. The Balaban J connectivity index is 1.97. The summed E-state index contributed by atoms with van der Waals surface area (Å²) >= 11 is 0. The molecule has 0 aliphatic carbocycles. The molecule has 27 heavy (non-hydrogen) atoms. The number of hydrogen-bond donors (Lipinski definition) is 2. The van der Waals surface area contributed by atoms with Gasteiger partial charge >= 0.3 is 0 Å². The van der Waals surface area contributed by atoms with Crippen molar-refractivity contribution in [3.05, 3.63) is 53.1 Å². The maximum atomic E-state index is 5.73. The van der Waals surface area contributed by atoms with Gasteiger partial charge in [-0.1, -0.05) is 18.2 Å². The fraction of sp³-hybridized carbons (Fsp3) is 0.381. The number of ether oxygens (including phenoxy) is 3. The zero-order valence-electron chi connectivity index (χ0n) is 16.8. The molecule has 0 heterocycles. The Labute approximate surface area is 161 Å². The lowest BCUT2D eigenvalue weighted by Gasteiger charge is -2.15. The van der Waals surface area contributed by atoms with Crippen molar-refractivity contribution in [1.82, 2.24) is 10.6 Å². The quantitative estimate of drug-likeness (QED) is 0.551. The number of guanidine groups is 1. The molecule has 0 saturated carbocycles. The van der Waals surface area contributed by atoms with Crippen LogP contribution in [0.1, 0.15) is 23.6 Å². The predicted octanol–water partition coefficient (Wildman–Crippen LogP) is 3.28. The third-order valence-electron chi connectivity index (χ3n) is 4.10. The Hall–Kier alpha value is -2.89. The number of nitrogens with zero attached hydrogens (tertiary/aromatic N) is 1. The van der Waals surface area contributed by atoms with Crippen LogP contribution in [0.5, 0.6) is 17.2 Å². The van der Waals surface area contributed by atoms with E-state index < -0.39 is 0 Å². The minimum atomic E-state index is 0.617. The minimum absolute atomic E-state index is 0.617. The van der Waals surface area contributed by atoms with Gasteiger partial charge in [0.15, 0.2) is 17.5 Å². The third-order valence-corrected chi connectivity index (χ3v) is 4.10. The third kappa shape index (κ3) is 5.81. The summed E-state index contributed by atoms with van der Waals surface area (Å²) in [5.41, 5.74) is 3.34. The first kappa shape index (κ1) is 20.4. The van der Waals surface area contributed by atoms with Gasteiger partial charge in [0, 0.05) is 25.7 Å². The average molecular weight is 371 g/mol. The van der Waals surface area contributed by atoms with Crippen molar-refractivity contribution < 1.29 is 14.2 Å². The van der Waals surface area contributed by atoms with Gasteiger partial charge in [-0.25, -0.2) is 0 Å². The molecule has 0 aliphatic rings. The van der Waals surface area contributed by atoms with Crippen molar-refractivity contribution in [1.29, 1.82) is 0 Å². The molecule has 0 atom stereocenters. The van der Waals surface area contributed by atoms with Gasteiger partial charge in [-0.3, -0.25) is 4.99 Å². The van der Waals surface area contributed by atoms with Gasteiger partial charge < -0.3 is 24.8 Å². The first-order valence-electron chi connectivity index (χ1n) is 8.99. The van der Waals surface area contributed by atoms with Crippen molar-refractivity contribution in [3.63, 3.8) is 0 Å². The van der Waals surface area contributed by atoms with Gasteiger partial charge in [-0.05, 0) is 43.2 Å². The molecular formula is C21H29N3O3. The molecule has 6 nitrogen and oxygen atoms in total. The van der Waals surface area contributed by atoms with E-state index in [0.717, 1.165) is 16.9 Å². The molecule has 0 fully saturated rings. The van der Waals surface area contributed by atoms with Crippen molar-refractivity contribution in [3.8, 4) is 17.2 Å². The highest BCUT2D eigenvalue weighted by Gasteiger charge is 2.07. The lowest BCUT2D eigenvalue weighted by Crippen LogP contribution is -2.36. The average Bonchev–Trinajstić information content (AvgIpc) is 2.69. The fourth-order valence-corrected chi connectivity index (χ4v) is 2.67. The Morgan fingerprint density at radius 3 is 2.33 bits per heavy atom. The van der Waals surface area contributed by atoms with Crippen molar-refractivity contribution in [2.75, 3.05) is 27.9 Å². The largest absolute Gasteiger partial charge is 0.494 e. The second-order valence-electron chi connectivity index (χ2n) is 6.01. The molecule has 6 heteroatoms. The number of aryl methyl sites for hydroxylation is 1. The number of benzene rings is 2. The molecule has 0 saturated heterocycles. The van der Waals surface area contributed by atoms with Gasteiger partial charge in [0.1, 0.15) is 5.75 Å². The maximum Gasteiger partial charge on any atom is 0.191 e. The molecule has 2 aromatic carbocycles. The Morgan fingerprint density at radius 1 is 0.926 bits per heavy atom. The molecule has 2 N–H and O–H groups in total. The van der Waals surface area contributed by atoms with E-state index in [2.05, 4.69) is 40.7 Å². The van der Waals surface area contributed by atoms with Gasteiger partial charge in [0.2, 0.25) is 0 Å². The Morgan fingerprint density at radius 2 is 1.67 bits per heavy atom. The highest BCUT2D eigenvalue weighted by molar-refractivity contribution is 5.79. The summed E-state index contributed by atoms with van der Waals surface area (Å²) in [5.74, 6) is 3.04. The monoisotopic (exact) mass is 371 g/mol. The minimum Gasteiger partial charge on any atom is -0.494 e. The normalized spacial score (nSPS) is 11.1. The van der Waals surface area contributed by atoms with Crippen LogP contribution in [0.3, 0.4) is 0 Å². The first-order chi connectivity index (χ1) is 13.1. The summed E-state index contributed by atoms with van der Waals surface area (Å²) in [6.07, 6.45) is 0. The van der Waals surface area contributed by atoms with Gasteiger partial charge in [-0.2, -0.15) is 0 Å². The molecule has 0 aliphatic heterocycles. The summed E-state index contributed by atoms with van der Waals surface area (Å²) in [5, 5.41) is 6.64. The summed E-state index contributed by atoms with van der Waals surface area (Å²) in [6, 6.07) is 12.1. The SMILES string of the molecule is CCOc1cc(C)ccc1CNC(=NC)NCc1ccc(OC)c(OC)c1. The van der Waals surface area contributed by atoms with Gasteiger partial charge in [0.05, 0.1) is 20.8 Å². The molecule has 2 rings (SSSR count). The van der Waals surface area contributed by atoms with Crippen LogP contribution in [0.4, 0.5) is 0 Å². The van der Waals surface area contributed by atoms with Crippen LogP contribution in [0, 0.1) is 6.92 Å². The lowest BCUT2D eigenvalue weighted by molar-refractivity contribution is 0.336. The van der Waals surface area contributed by atoms with Crippen molar-refractivity contribution >= 4 is 5.96 Å². The highest BCUT2D eigenvalue weighted by atomic mass is 16.5. The molecule has 146 valence electrons. The topological polar surface area (TPSA) is 64.1 Å². The fourth-order valence-electron chi connectivity index (χ4n) is 2.67. The number of hydrogen-bond acceptors (Lipinski definition) is 4. The van der Waals surface area contributed by atoms with Crippen LogP contribution < -0.4 is 24.8 Å². The van der Waals surface area contributed by atoms with E-state index >= 15 is 0 Å². The second kappa shape index (κ2) is 10.3. The molecule has 0 amide bonds. The van der Waals surface area contributed by atoms with Crippen LogP contribution >= 0.6 is 0 Å². The molecule has 2 aromatic rings. The predicted molar refractivity (Wildman–Crippen MR) is 109 cm³/mol. The summed E-state index contributed by atoms with van der Waals surface area (Å²) in [7, 11) is 5.01. The first-order valence-corrected chi connectivity index (χ1v) is 8.99. The van der Waals surface area contributed by atoms with E-state index in [1.807, 2.05) is 25.1 Å². The smallest absolute Gasteiger partial charge is 0.191 e. The molecule has 0 unspecified atom stereocenters. The molecular weight excluding hydrogens is 342 g/mol. The van der Waals surface area contributed by atoms with E-state index in [9.17, 15) is 0 Å².